The Labute approximate surface area is 170 Å². The van der Waals surface area contributed by atoms with Gasteiger partial charge in [0.15, 0.2) is 5.78 Å². The molecule has 0 radical (unpaired) electrons. The van der Waals surface area contributed by atoms with Crippen molar-refractivity contribution < 1.29 is 14.3 Å². The molecule has 4 heteroatoms. The molecule has 0 aromatic heterocycles. The summed E-state index contributed by atoms with van der Waals surface area (Å²) < 4.78 is 5.83. The van der Waals surface area contributed by atoms with E-state index < -0.39 is 0 Å². The molecule has 0 unspecified atom stereocenters. The van der Waals surface area contributed by atoms with Gasteiger partial charge < -0.3 is 9.64 Å². The zero-order chi connectivity index (χ0) is 20.1. The molecule has 3 aromatic carbocycles. The number of carbonyl (C=O) groups excluding carboxylic acids is 2. The first-order valence-electron chi connectivity index (χ1n) is 9.65. The summed E-state index contributed by atoms with van der Waals surface area (Å²) in [4.78, 5) is 26.1. The van der Waals surface area contributed by atoms with E-state index in [-0.39, 0.29) is 11.7 Å². The molecule has 0 atom stereocenters. The number of nitrogens with zero attached hydrogens (tertiary/aromatic N) is 1. The van der Waals surface area contributed by atoms with Crippen LogP contribution in [-0.4, -0.2) is 18.2 Å². The predicted octanol–water partition coefficient (Wildman–Crippen LogP) is 5.50. The van der Waals surface area contributed by atoms with Gasteiger partial charge in [0.05, 0.1) is 0 Å². The summed E-state index contributed by atoms with van der Waals surface area (Å²) in [6.45, 7) is 0.743. The fourth-order valence-electron chi connectivity index (χ4n) is 3.30. The second-order valence-electron chi connectivity index (χ2n) is 6.88. The molecule has 1 aliphatic heterocycles. The molecule has 0 N–H and O–H groups in total. The van der Waals surface area contributed by atoms with E-state index in [2.05, 4.69) is 0 Å². The molecule has 0 aliphatic carbocycles. The van der Waals surface area contributed by atoms with Gasteiger partial charge in [-0.15, -0.1) is 0 Å². The van der Waals surface area contributed by atoms with Crippen molar-refractivity contribution in [3.05, 3.63) is 96.1 Å². The molecule has 3 aromatic rings. The van der Waals surface area contributed by atoms with E-state index in [4.69, 9.17) is 4.74 Å². The van der Waals surface area contributed by atoms with E-state index in [1.807, 2.05) is 66.7 Å². The maximum atomic E-state index is 12.5. The van der Waals surface area contributed by atoms with Crippen molar-refractivity contribution in [2.45, 2.75) is 12.8 Å². The van der Waals surface area contributed by atoms with Crippen LogP contribution in [0.1, 0.15) is 28.8 Å². The number of rotatable bonds is 6. The first-order valence-corrected chi connectivity index (χ1v) is 9.65. The third kappa shape index (κ3) is 4.61. The van der Waals surface area contributed by atoms with Crippen molar-refractivity contribution in [2.24, 2.45) is 0 Å². The Bertz CT molecular complexity index is 1040. The molecule has 1 aliphatic rings. The third-order valence-corrected chi connectivity index (χ3v) is 4.80. The summed E-state index contributed by atoms with van der Waals surface area (Å²) >= 11 is 0. The molecule has 4 rings (SSSR count). The minimum atomic E-state index is -0.0846. The largest absolute Gasteiger partial charge is 0.457 e. The molecule has 144 valence electrons. The quantitative estimate of drug-likeness (QED) is 0.417. The Balaban J connectivity index is 1.43. The fraction of sp³-hybridized carbons (Fsp3) is 0.120. The van der Waals surface area contributed by atoms with Crippen molar-refractivity contribution in [2.75, 3.05) is 11.4 Å². The molecule has 0 bridgehead atoms. The highest BCUT2D eigenvalue weighted by molar-refractivity contribution is 6.07. The van der Waals surface area contributed by atoms with Crippen molar-refractivity contribution in [3.8, 4) is 11.5 Å². The van der Waals surface area contributed by atoms with Crippen LogP contribution in [0.15, 0.2) is 84.9 Å². The standard InChI is InChI=1S/C25H21NO3/c27-24(20-12-14-21(15-13-20)26-17-5-10-25(26)28)16-11-19-6-4-9-23(18-19)29-22-7-2-1-3-8-22/h1-4,6-9,11-16,18H,5,10,17H2/b16-11+. The van der Waals surface area contributed by atoms with Gasteiger partial charge in [-0.1, -0.05) is 36.4 Å². The summed E-state index contributed by atoms with van der Waals surface area (Å²) in [5.74, 6) is 1.53. The van der Waals surface area contributed by atoms with E-state index in [9.17, 15) is 9.59 Å². The van der Waals surface area contributed by atoms with Crippen LogP contribution >= 0.6 is 0 Å². The first kappa shape index (κ1) is 18.7. The number of benzene rings is 3. The average molecular weight is 383 g/mol. The van der Waals surface area contributed by atoms with Crippen molar-refractivity contribution in [1.29, 1.82) is 0 Å². The van der Waals surface area contributed by atoms with Crippen molar-refractivity contribution >= 4 is 23.5 Å². The van der Waals surface area contributed by atoms with Gasteiger partial charge in [-0.2, -0.15) is 0 Å². The molecule has 0 saturated carbocycles. The lowest BCUT2D eigenvalue weighted by Crippen LogP contribution is -2.23. The monoisotopic (exact) mass is 383 g/mol. The number of carbonyl (C=O) groups is 2. The second kappa shape index (κ2) is 8.57. The van der Waals surface area contributed by atoms with E-state index in [1.54, 1.807) is 29.2 Å². The van der Waals surface area contributed by atoms with Gasteiger partial charge in [-0.05, 0) is 66.6 Å². The zero-order valence-electron chi connectivity index (χ0n) is 16.0. The van der Waals surface area contributed by atoms with Crippen molar-refractivity contribution in [1.82, 2.24) is 0 Å². The summed E-state index contributed by atoms with van der Waals surface area (Å²) in [6.07, 6.45) is 4.81. The molecule has 4 nitrogen and oxygen atoms in total. The number of amides is 1. The maximum Gasteiger partial charge on any atom is 0.227 e. The highest BCUT2D eigenvalue weighted by Gasteiger charge is 2.21. The van der Waals surface area contributed by atoms with Crippen molar-refractivity contribution in [3.63, 3.8) is 0 Å². The maximum absolute atomic E-state index is 12.5. The Morgan fingerprint density at radius 1 is 0.897 bits per heavy atom. The van der Waals surface area contributed by atoms with Crippen LogP contribution in [0.25, 0.3) is 6.08 Å². The number of allylic oxidation sites excluding steroid dienone is 1. The van der Waals surface area contributed by atoms with Gasteiger partial charge in [0.25, 0.3) is 0 Å². The molecular formula is C25H21NO3. The lowest BCUT2D eigenvalue weighted by Gasteiger charge is -2.15. The number of hydrogen-bond acceptors (Lipinski definition) is 3. The SMILES string of the molecule is O=C(/C=C/c1cccc(Oc2ccccc2)c1)c1ccc(N2CCCC2=O)cc1. The molecule has 1 saturated heterocycles. The van der Waals surface area contributed by atoms with Gasteiger partial charge in [0.2, 0.25) is 5.91 Å². The fourth-order valence-corrected chi connectivity index (χ4v) is 3.30. The Morgan fingerprint density at radius 2 is 1.66 bits per heavy atom. The molecule has 0 spiro atoms. The van der Waals surface area contributed by atoms with Crippen LogP contribution < -0.4 is 9.64 Å². The van der Waals surface area contributed by atoms with Gasteiger partial charge >= 0.3 is 0 Å². The second-order valence-corrected chi connectivity index (χ2v) is 6.88. The molecule has 1 heterocycles. The summed E-state index contributed by atoms with van der Waals surface area (Å²) in [7, 11) is 0. The van der Waals surface area contributed by atoms with E-state index >= 15 is 0 Å². The van der Waals surface area contributed by atoms with E-state index in [0.29, 0.717) is 17.7 Å². The average Bonchev–Trinajstić information content (AvgIpc) is 3.19. The molecule has 29 heavy (non-hydrogen) atoms. The van der Waals surface area contributed by atoms with Crippen LogP contribution in [-0.2, 0) is 4.79 Å². The Hall–Kier alpha value is -3.66. The number of hydrogen-bond donors (Lipinski definition) is 0. The highest BCUT2D eigenvalue weighted by Crippen LogP contribution is 2.23. The lowest BCUT2D eigenvalue weighted by atomic mass is 10.1. The van der Waals surface area contributed by atoms with Crippen LogP contribution in [0.4, 0.5) is 5.69 Å². The van der Waals surface area contributed by atoms with Gasteiger partial charge in [0, 0.05) is 24.2 Å². The number of anilines is 1. The molecule has 1 fully saturated rings. The molecule has 1 amide bonds. The molecular weight excluding hydrogens is 362 g/mol. The van der Waals surface area contributed by atoms with Crippen LogP contribution in [0.5, 0.6) is 11.5 Å². The van der Waals surface area contributed by atoms with Gasteiger partial charge in [-0.25, -0.2) is 0 Å². The summed E-state index contributed by atoms with van der Waals surface area (Å²) in [5.41, 5.74) is 2.32. The lowest BCUT2D eigenvalue weighted by molar-refractivity contribution is -0.117. The van der Waals surface area contributed by atoms with Crippen LogP contribution in [0, 0.1) is 0 Å². The van der Waals surface area contributed by atoms with Gasteiger partial charge in [-0.3, -0.25) is 9.59 Å². The summed E-state index contributed by atoms with van der Waals surface area (Å²) in [5, 5.41) is 0. The topological polar surface area (TPSA) is 46.6 Å². The smallest absolute Gasteiger partial charge is 0.227 e. The third-order valence-electron chi connectivity index (χ3n) is 4.80. The van der Waals surface area contributed by atoms with E-state index in [0.717, 1.165) is 30.0 Å². The predicted molar refractivity (Wildman–Crippen MR) is 114 cm³/mol. The highest BCUT2D eigenvalue weighted by atomic mass is 16.5. The summed E-state index contributed by atoms with van der Waals surface area (Å²) in [6, 6.07) is 24.3. The number of ketones is 1. The Morgan fingerprint density at radius 3 is 2.38 bits per heavy atom. The van der Waals surface area contributed by atoms with E-state index in [1.165, 1.54) is 0 Å². The number of para-hydroxylation sites is 1. The zero-order valence-corrected chi connectivity index (χ0v) is 16.0. The number of ether oxygens (including phenoxy) is 1. The normalized spacial score (nSPS) is 13.8. The minimum Gasteiger partial charge on any atom is -0.457 e. The Kier molecular flexibility index (Phi) is 5.52. The minimum absolute atomic E-state index is 0.0846. The van der Waals surface area contributed by atoms with Crippen LogP contribution in [0.2, 0.25) is 0 Å². The first-order chi connectivity index (χ1) is 14.2. The van der Waals surface area contributed by atoms with Gasteiger partial charge in [0.1, 0.15) is 11.5 Å². The van der Waals surface area contributed by atoms with Crippen LogP contribution in [0.3, 0.4) is 0 Å².